The van der Waals surface area contributed by atoms with Gasteiger partial charge in [0.2, 0.25) is 0 Å². The first-order valence-electron chi connectivity index (χ1n) is 7.27. The number of ether oxygens (including phenoxy) is 2. The van der Waals surface area contributed by atoms with Gasteiger partial charge in [-0.1, -0.05) is 30.3 Å². The molecular weight excluding hydrogens is 316 g/mol. The van der Waals surface area contributed by atoms with Gasteiger partial charge in [0.25, 0.3) is 0 Å². The van der Waals surface area contributed by atoms with Crippen molar-refractivity contribution in [3.05, 3.63) is 35.9 Å². The van der Waals surface area contributed by atoms with Crippen molar-refractivity contribution in [2.45, 2.75) is 33.0 Å². The molecule has 0 aliphatic carbocycles. The Morgan fingerprint density at radius 3 is 2.17 bits per heavy atom. The molecule has 8 nitrogen and oxygen atoms in total. The van der Waals surface area contributed by atoms with Crippen LogP contribution in [0.5, 0.6) is 0 Å². The van der Waals surface area contributed by atoms with Crippen molar-refractivity contribution >= 4 is 18.2 Å². The molecule has 0 aromatic heterocycles. The standard InChI is InChI=1S/C16H22N2O6/c1-16(2,3)24-14(21)17(4)18(10-13(19)20)15(22)23-11-12-8-6-5-7-9-12/h5-9H,10-11H2,1-4H3,(H,19,20). The van der Waals surface area contributed by atoms with Gasteiger partial charge >= 0.3 is 18.2 Å². The number of amides is 2. The summed E-state index contributed by atoms with van der Waals surface area (Å²) in [5.74, 6) is -1.29. The van der Waals surface area contributed by atoms with Crippen LogP contribution in [-0.4, -0.2) is 52.5 Å². The molecule has 0 atom stereocenters. The molecule has 132 valence electrons. The van der Waals surface area contributed by atoms with Gasteiger partial charge in [-0.25, -0.2) is 19.6 Å². The molecule has 0 aliphatic heterocycles. The first-order chi connectivity index (χ1) is 11.1. The molecule has 0 aliphatic rings. The van der Waals surface area contributed by atoms with E-state index in [1.54, 1.807) is 45.0 Å². The molecule has 0 radical (unpaired) electrons. The minimum Gasteiger partial charge on any atom is -0.480 e. The molecule has 1 aromatic rings. The molecule has 0 spiro atoms. The number of aliphatic carboxylic acids is 1. The first-order valence-corrected chi connectivity index (χ1v) is 7.27. The molecule has 24 heavy (non-hydrogen) atoms. The number of hydrazine groups is 1. The lowest BCUT2D eigenvalue weighted by molar-refractivity contribution is -0.141. The molecule has 0 saturated heterocycles. The lowest BCUT2D eigenvalue weighted by atomic mass is 10.2. The van der Waals surface area contributed by atoms with Gasteiger partial charge in [0.05, 0.1) is 0 Å². The van der Waals surface area contributed by atoms with E-state index in [0.29, 0.717) is 5.01 Å². The molecule has 1 aromatic carbocycles. The van der Waals surface area contributed by atoms with Crippen molar-refractivity contribution in [2.75, 3.05) is 13.6 Å². The SMILES string of the molecule is CN(C(=O)OC(C)(C)C)N(CC(=O)O)C(=O)OCc1ccccc1. The quantitative estimate of drug-likeness (QED) is 0.847. The topological polar surface area (TPSA) is 96.4 Å². The maximum Gasteiger partial charge on any atom is 0.429 e. The molecule has 0 saturated carbocycles. The second kappa shape index (κ2) is 8.19. The van der Waals surface area contributed by atoms with Crippen molar-refractivity contribution < 1.29 is 29.0 Å². The molecule has 0 fully saturated rings. The third-order valence-electron chi connectivity index (χ3n) is 2.72. The molecule has 0 bridgehead atoms. The van der Waals surface area contributed by atoms with Crippen molar-refractivity contribution in [1.82, 2.24) is 10.0 Å². The Morgan fingerprint density at radius 1 is 1.08 bits per heavy atom. The predicted octanol–water partition coefficient (Wildman–Crippen LogP) is 2.49. The summed E-state index contributed by atoms with van der Waals surface area (Å²) in [4.78, 5) is 35.1. The van der Waals surface area contributed by atoms with E-state index < -0.39 is 30.3 Å². The number of carbonyl (C=O) groups is 3. The van der Waals surface area contributed by atoms with Gasteiger partial charge in [0, 0.05) is 7.05 Å². The Labute approximate surface area is 140 Å². The fourth-order valence-electron chi connectivity index (χ4n) is 1.64. The Kier molecular flexibility index (Phi) is 6.58. The van der Waals surface area contributed by atoms with E-state index in [2.05, 4.69) is 0 Å². The largest absolute Gasteiger partial charge is 0.480 e. The second-order valence-electron chi connectivity index (χ2n) is 6.00. The highest BCUT2D eigenvalue weighted by atomic mass is 16.6. The highest BCUT2D eigenvalue weighted by Crippen LogP contribution is 2.12. The van der Waals surface area contributed by atoms with Crippen LogP contribution < -0.4 is 0 Å². The Balaban J connectivity index is 2.77. The average molecular weight is 338 g/mol. The van der Waals surface area contributed by atoms with Gasteiger partial charge in [-0.3, -0.25) is 4.79 Å². The number of nitrogens with zero attached hydrogens (tertiary/aromatic N) is 2. The van der Waals surface area contributed by atoms with E-state index in [9.17, 15) is 14.4 Å². The van der Waals surface area contributed by atoms with Gasteiger partial charge < -0.3 is 14.6 Å². The fourth-order valence-corrected chi connectivity index (χ4v) is 1.64. The van der Waals surface area contributed by atoms with Gasteiger partial charge in [-0.05, 0) is 26.3 Å². The maximum absolute atomic E-state index is 12.2. The van der Waals surface area contributed by atoms with E-state index in [1.807, 2.05) is 6.07 Å². The first kappa shape index (κ1) is 19.3. The highest BCUT2D eigenvalue weighted by molar-refractivity contribution is 5.79. The van der Waals surface area contributed by atoms with Crippen LogP contribution >= 0.6 is 0 Å². The number of hydrogen-bond acceptors (Lipinski definition) is 5. The number of benzene rings is 1. The van der Waals surface area contributed by atoms with E-state index in [0.717, 1.165) is 10.6 Å². The van der Waals surface area contributed by atoms with E-state index in [1.165, 1.54) is 7.05 Å². The van der Waals surface area contributed by atoms with Crippen LogP contribution in [-0.2, 0) is 20.9 Å². The molecule has 0 heterocycles. The summed E-state index contributed by atoms with van der Waals surface area (Å²) in [5, 5.41) is 10.4. The molecule has 2 amide bonds. The smallest absolute Gasteiger partial charge is 0.429 e. The van der Waals surface area contributed by atoms with Gasteiger partial charge in [0.1, 0.15) is 18.8 Å². The third kappa shape index (κ3) is 6.55. The van der Waals surface area contributed by atoms with Gasteiger partial charge in [-0.2, -0.15) is 0 Å². The Bertz CT molecular complexity index is 582. The summed E-state index contributed by atoms with van der Waals surface area (Å²) in [6.07, 6.45) is -1.82. The molecule has 0 unspecified atom stereocenters. The normalized spacial score (nSPS) is 10.7. The van der Waals surface area contributed by atoms with E-state index in [-0.39, 0.29) is 6.61 Å². The van der Waals surface area contributed by atoms with Crippen LogP contribution in [0, 0.1) is 0 Å². The van der Waals surface area contributed by atoms with Crippen LogP contribution in [0.1, 0.15) is 26.3 Å². The third-order valence-corrected chi connectivity index (χ3v) is 2.72. The van der Waals surface area contributed by atoms with Crippen LogP contribution in [0.15, 0.2) is 30.3 Å². The van der Waals surface area contributed by atoms with E-state index >= 15 is 0 Å². The summed E-state index contributed by atoms with van der Waals surface area (Å²) >= 11 is 0. The van der Waals surface area contributed by atoms with Crippen LogP contribution in [0.2, 0.25) is 0 Å². The zero-order valence-electron chi connectivity index (χ0n) is 14.2. The van der Waals surface area contributed by atoms with E-state index in [4.69, 9.17) is 14.6 Å². The number of carbonyl (C=O) groups excluding carboxylic acids is 2. The second-order valence-corrected chi connectivity index (χ2v) is 6.00. The zero-order chi connectivity index (χ0) is 18.3. The molecule has 8 heteroatoms. The van der Waals surface area contributed by atoms with Gasteiger partial charge in [0.15, 0.2) is 0 Å². The zero-order valence-corrected chi connectivity index (χ0v) is 14.2. The fraction of sp³-hybridized carbons (Fsp3) is 0.438. The average Bonchev–Trinajstić information content (AvgIpc) is 2.48. The number of carboxylic acid groups (broad SMARTS) is 1. The predicted molar refractivity (Wildman–Crippen MR) is 85.0 cm³/mol. The number of hydrogen-bond donors (Lipinski definition) is 1. The maximum atomic E-state index is 12.2. The van der Waals surface area contributed by atoms with Crippen molar-refractivity contribution in [3.63, 3.8) is 0 Å². The number of rotatable bonds is 4. The van der Waals surface area contributed by atoms with Crippen molar-refractivity contribution in [3.8, 4) is 0 Å². The monoisotopic (exact) mass is 338 g/mol. The lowest BCUT2D eigenvalue weighted by Crippen LogP contribution is -2.51. The van der Waals surface area contributed by atoms with Gasteiger partial charge in [-0.15, -0.1) is 0 Å². The lowest BCUT2D eigenvalue weighted by Gasteiger charge is -2.31. The Morgan fingerprint density at radius 2 is 1.67 bits per heavy atom. The number of carboxylic acids is 1. The minimum absolute atomic E-state index is 0.0437. The van der Waals surface area contributed by atoms with Crippen molar-refractivity contribution in [2.24, 2.45) is 0 Å². The summed E-state index contributed by atoms with van der Waals surface area (Å²) in [5.41, 5.74) is -0.0465. The summed E-state index contributed by atoms with van der Waals surface area (Å²) in [6.45, 7) is 4.21. The van der Waals surface area contributed by atoms with Crippen molar-refractivity contribution in [1.29, 1.82) is 0 Å². The van der Waals surface area contributed by atoms with Crippen LogP contribution in [0.25, 0.3) is 0 Å². The highest BCUT2D eigenvalue weighted by Gasteiger charge is 2.29. The Hall–Kier alpha value is -2.77. The van der Waals surface area contributed by atoms with Crippen LogP contribution in [0.3, 0.4) is 0 Å². The summed E-state index contributed by atoms with van der Waals surface area (Å²) in [7, 11) is 1.24. The molecular formula is C16H22N2O6. The molecule has 1 rings (SSSR count). The summed E-state index contributed by atoms with van der Waals surface area (Å²) in [6, 6.07) is 8.90. The molecule has 1 N–H and O–H groups in total. The van der Waals surface area contributed by atoms with Crippen LogP contribution in [0.4, 0.5) is 9.59 Å². The summed E-state index contributed by atoms with van der Waals surface area (Å²) < 4.78 is 10.2. The minimum atomic E-state index is -1.29.